The van der Waals surface area contributed by atoms with Crippen LogP contribution in [0, 0.1) is 6.92 Å². The van der Waals surface area contributed by atoms with E-state index in [1.165, 1.54) is 5.69 Å². The van der Waals surface area contributed by atoms with Crippen LogP contribution in [0.5, 0.6) is 0 Å². The van der Waals surface area contributed by atoms with E-state index in [1.807, 2.05) is 20.2 Å². The number of hydrogen-bond acceptors (Lipinski definition) is 2. The molecule has 0 aromatic carbocycles. The number of rotatable bonds is 3. The smallest absolute Gasteiger partial charge is 0.103 e. The van der Waals surface area contributed by atoms with Gasteiger partial charge >= 0.3 is 0 Å². The third-order valence-corrected chi connectivity index (χ3v) is 1.40. The summed E-state index contributed by atoms with van der Waals surface area (Å²) in [4.78, 5) is 7.25. The van der Waals surface area contributed by atoms with Crippen LogP contribution in [-0.4, -0.2) is 23.6 Å². The fourth-order valence-corrected chi connectivity index (χ4v) is 0.858. The maximum Gasteiger partial charge on any atom is 0.103 e. The van der Waals surface area contributed by atoms with E-state index in [9.17, 15) is 0 Å². The van der Waals surface area contributed by atoms with E-state index in [-0.39, 0.29) is 24.8 Å². The van der Waals surface area contributed by atoms with Crippen LogP contribution in [0.2, 0.25) is 0 Å². The van der Waals surface area contributed by atoms with Crippen LogP contribution in [0.3, 0.4) is 0 Å². The van der Waals surface area contributed by atoms with E-state index in [2.05, 4.69) is 15.3 Å². The van der Waals surface area contributed by atoms with Crippen LogP contribution in [-0.2, 0) is 6.42 Å². The first-order chi connectivity index (χ1) is 4.83. The quantitative estimate of drug-likeness (QED) is 0.793. The summed E-state index contributed by atoms with van der Waals surface area (Å²) >= 11 is 0. The number of H-pyrrole nitrogens is 1. The standard InChI is InChI=1S/C7H13N3.2ClH/c1-6-9-5-7(10-6)3-4-8-2;;/h5,8H,3-4H2,1-2H3,(H,9,10);2*1H. The summed E-state index contributed by atoms with van der Waals surface area (Å²) in [7, 11) is 1.95. The summed E-state index contributed by atoms with van der Waals surface area (Å²) in [6, 6.07) is 0. The molecule has 5 heteroatoms. The summed E-state index contributed by atoms with van der Waals surface area (Å²) in [5, 5.41) is 3.08. The summed E-state index contributed by atoms with van der Waals surface area (Å²) in [5.74, 6) is 0.992. The molecule has 1 aromatic heterocycles. The van der Waals surface area contributed by atoms with Crippen molar-refractivity contribution in [2.24, 2.45) is 0 Å². The molecule has 0 amide bonds. The molecule has 72 valence electrons. The minimum absolute atomic E-state index is 0. The monoisotopic (exact) mass is 211 g/mol. The van der Waals surface area contributed by atoms with Crippen molar-refractivity contribution in [3.05, 3.63) is 17.7 Å². The zero-order valence-corrected chi connectivity index (χ0v) is 8.89. The second kappa shape index (κ2) is 7.40. The molecule has 0 saturated heterocycles. The lowest BCUT2D eigenvalue weighted by atomic mass is 10.3. The fraction of sp³-hybridized carbons (Fsp3) is 0.571. The molecule has 1 aromatic rings. The second-order valence-electron chi connectivity index (χ2n) is 2.35. The lowest BCUT2D eigenvalue weighted by Gasteiger charge is -1.93. The van der Waals surface area contributed by atoms with E-state index in [1.54, 1.807) is 0 Å². The molecule has 0 aliphatic heterocycles. The Morgan fingerprint density at radius 2 is 2.17 bits per heavy atom. The minimum Gasteiger partial charge on any atom is -0.346 e. The zero-order chi connectivity index (χ0) is 7.40. The summed E-state index contributed by atoms with van der Waals surface area (Å²) < 4.78 is 0. The molecule has 1 heterocycles. The molecule has 3 nitrogen and oxygen atoms in total. The molecule has 0 saturated carbocycles. The Morgan fingerprint density at radius 3 is 2.58 bits per heavy atom. The summed E-state index contributed by atoms with van der Waals surface area (Å²) in [5.41, 5.74) is 1.20. The average Bonchev–Trinajstić information content (AvgIpc) is 2.31. The van der Waals surface area contributed by atoms with Crippen LogP contribution < -0.4 is 5.32 Å². The molecule has 0 fully saturated rings. The van der Waals surface area contributed by atoms with Crippen molar-refractivity contribution in [2.45, 2.75) is 13.3 Å². The number of nitrogens with zero attached hydrogens (tertiary/aromatic N) is 1. The average molecular weight is 212 g/mol. The molecule has 12 heavy (non-hydrogen) atoms. The lowest BCUT2D eigenvalue weighted by Crippen LogP contribution is -2.10. The van der Waals surface area contributed by atoms with Gasteiger partial charge < -0.3 is 10.3 Å². The predicted molar refractivity (Wildman–Crippen MR) is 55.5 cm³/mol. The Morgan fingerprint density at radius 1 is 1.50 bits per heavy atom. The van der Waals surface area contributed by atoms with Crippen LogP contribution >= 0.6 is 24.8 Å². The molecule has 0 radical (unpaired) electrons. The molecule has 0 atom stereocenters. The first-order valence-electron chi connectivity index (χ1n) is 3.48. The van der Waals surface area contributed by atoms with Crippen LogP contribution in [0.25, 0.3) is 0 Å². The number of likely N-dealkylation sites (N-methyl/N-ethyl adjacent to an activating group) is 1. The molecular formula is C7H15Cl2N3. The molecule has 0 bridgehead atoms. The highest BCUT2D eigenvalue weighted by molar-refractivity contribution is 5.85. The molecule has 0 aliphatic rings. The van der Waals surface area contributed by atoms with Crippen molar-refractivity contribution in [1.29, 1.82) is 0 Å². The van der Waals surface area contributed by atoms with E-state index < -0.39 is 0 Å². The Bertz CT molecular complexity index is 200. The van der Waals surface area contributed by atoms with Gasteiger partial charge in [-0.3, -0.25) is 0 Å². The van der Waals surface area contributed by atoms with E-state index in [4.69, 9.17) is 0 Å². The van der Waals surface area contributed by atoms with Gasteiger partial charge in [-0.2, -0.15) is 0 Å². The highest BCUT2D eigenvalue weighted by Crippen LogP contribution is 1.94. The van der Waals surface area contributed by atoms with Crippen molar-refractivity contribution in [2.75, 3.05) is 13.6 Å². The fourth-order valence-electron chi connectivity index (χ4n) is 0.858. The van der Waals surface area contributed by atoms with Gasteiger partial charge in [0.25, 0.3) is 0 Å². The SMILES string of the molecule is CNCCc1cnc(C)[nH]1.Cl.Cl. The van der Waals surface area contributed by atoms with Gasteiger partial charge in [0.2, 0.25) is 0 Å². The Labute approximate surface area is 85.2 Å². The molecule has 1 rings (SSSR count). The van der Waals surface area contributed by atoms with Gasteiger partial charge in [0, 0.05) is 24.9 Å². The maximum atomic E-state index is 4.09. The summed E-state index contributed by atoms with van der Waals surface area (Å²) in [6.45, 7) is 2.96. The number of hydrogen-bond donors (Lipinski definition) is 2. The first-order valence-corrected chi connectivity index (χ1v) is 3.48. The third kappa shape index (κ3) is 4.59. The number of aryl methyl sites for hydroxylation is 1. The van der Waals surface area contributed by atoms with E-state index >= 15 is 0 Å². The van der Waals surface area contributed by atoms with Crippen molar-refractivity contribution in [3.8, 4) is 0 Å². The topological polar surface area (TPSA) is 40.7 Å². The highest BCUT2D eigenvalue weighted by atomic mass is 35.5. The Kier molecular flexibility index (Phi) is 8.81. The van der Waals surface area contributed by atoms with E-state index in [0.29, 0.717) is 0 Å². The van der Waals surface area contributed by atoms with Crippen LogP contribution in [0.1, 0.15) is 11.5 Å². The largest absolute Gasteiger partial charge is 0.346 e. The normalized spacial score (nSPS) is 8.50. The molecule has 2 N–H and O–H groups in total. The van der Waals surface area contributed by atoms with Gasteiger partial charge in [-0.25, -0.2) is 4.98 Å². The Hall–Kier alpha value is -0.250. The van der Waals surface area contributed by atoms with Crippen LogP contribution in [0.15, 0.2) is 6.20 Å². The van der Waals surface area contributed by atoms with Gasteiger partial charge in [-0.05, 0) is 14.0 Å². The third-order valence-electron chi connectivity index (χ3n) is 1.40. The van der Waals surface area contributed by atoms with Crippen molar-refractivity contribution in [3.63, 3.8) is 0 Å². The maximum absolute atomic E-state index is 4.09. The van der Waals surface area contributed by atoms with Crippen molar-refractivity contribution in [1.82, 2.24) is 15.3 Å². The number of aromatic nitrogens is 2. The predicted octanol–water partition coefficient (Wildman–Crippen LogP) is 1.32. The van der Waals surface area contributed by atoms with Crippen molar-refractivity contribution >= 4 is 24.8 Å². The second-order valence-corrected chi connectivity index (χ2v) is 2.35. The van der Waals surface area contributed by atoms with E-state index in [0.717, 1.165) is 18.8 Å². The van der Waals surface area contributed by atoms with Crippen LogP contribution in [0.4, 0.5) is 0 Å². The minimum atomic E-state index is 0. The van der Waals surface area contributed by atoms with Gasteiger partial charge in [-0.1, -0.05) is 0 Å². The Balaban J connectivity index is 0. The van der Waals surface area contributed by atoms with Crippen molar-refractivity contribution < 1.29 is 0 Å². The number of halogens is 2. The molecule has 0 spiro atoms. The molecular weight excluding hydrogens is 197 g/mol. The number of imidazole rings is 1. The van der Waals surface area contributed by atoms with Gasteiger partial charge in [-0.15, -0.1) is 24.8 Å². The van der Waals surface area contributed by atoms with Gasteiger partial charge in [0.05, 0.1) is 0 Å². The number of aromatic amines is 1. The number of nitrogens with one attached hydrogen (secondary N) is 2. The summed E-state index contributed by atoms with van der Waals surface area (Å²) in [6.07, 6.45) is 2.91. The first kappa shape index (κ1) is 14.3. The zero-order valence-electron chi connectivity index (χ0n) is 7.26. The van der Waals surface area contributed by atoms with Gasteiger partial charge in [0.1, 0.15) is 5.82 Å². The van der Waals surface area contributed by atoms with Gasteiger partial charge in [0.15, 0.2) is 0 Å². The molecule has 0 aliphatic carbocycles. The highest BCUT2D eigenvalue weighted by Gasteiger charge is 1.93. The molecule has 0 unspecified atom stereocenters. The lowest BCUT2D eigenvalue weighted by molar-refractivity contribution is 0.779.